The number of nitrogens with zero attached hydrogens (tertiary/aromatic N) is 1. The van der Waals surface area contributed by atoms with Gasteiger partial charge in [-0.15, -0.1) is 0 Å². The summed E-state index contributed by atoms with van der Waals surface area (Å²) < 4.78 is 5.73. The second kappa shape index (κ2) is 7.41. The molecule has 0 spiro atoms. The fraction of sp³-hybridized carbons (Fsp3) is 0.167. The largest absolute Gasteiger partial charge is 0.493 e. The van der Waals surface area contributed by atoms with Crippen LogP contribution in [0.5, 0.6) is 0 Å². The predicted molar refractivity (Wildman–Crippen MR) is 85.1 cm³/mol. The average Bonchev–Trinajstić information content (AvgIpc) is 2.54. The van der Waals surface area contributed by atoms with Crippen molar-refractivity contribution in [3.05, 3.63) is 77.3 Å². The van der Waals surface area contributed by atoms with Crippen LogP contribution in [0.4, 0.5) is 0 Å². The molecule has 2 rings (SSSR count). The van der Waals surface area contributed by atoms with Gasteiger partial charge in [-0.1, -0.05) is 43.0 Å². The van der Waals surface area contributed by atoms with Crippen LogP contribution in [0.1, 0.15) is 29.3 Å². The molecule has 1 aromatic heterocycles. The van der Waals surface area contributed by atoms with Gasteiger partial charge in [0, 0.05) is 17.8 Å². The quantitative estimate of drug-likeness (QED) is 0.819. The third-order valence-electron chi connectivity index (χ3n) is 3.06. The van der Waals surface area contributed by atoms with E-state index in [0.29, 0.717) is 6.61 Å². The molecule has 0 aliphatic rings. The van der Waals surface area contributed by atoms with E-state index in [0.717, 1.165) is 28.1 Å². The maximum Gasteiger partial charge on any atom is 0.113 e. The number of ether oxygens (including phenoxy) is 1. The number of aliphatic hydroxyl groups excluding tert-OH is 1. The van der Waals surface area contributed by atoms with Gasteiger partial charge in [-0.3, -0.25) is 4.98 Å². The summed E-state index contributed by atoms with van der Waals surface area (Å²) in [7, 11) is 0. The molecular weight excluding hydrogens is 262 g/mol. The van der Waals surface area contributed by atoms with E-state index in [1.807, 2.05) is 49.4 Å². The molecule has 0 aliphatic carbocycles. The lowest BCUT2D eigenvalue weighted by Crippen LogP contribution is -1.94. The van der Waals surface area contributed by atoms with Crippen molar-refractivity contribution in [1.82, 2.24) is 4.98 Å². The Morgan fingerprint density at radius 2 is 2.05 bits per heavy atom. The Morgan fingerprint density at radius 3 is 2.71 bits per heavy atom. The molecular formula is C18H19NO2. The van der Waals surface area contributed by atoms with Crippen molar-refractivity contribution in [1.29, 1.82) is 0 Å². The minimum Gasteiger partial charge on any atom is -0.493 e. The van der Waals surface area contributed by atoms with Crippen molar-refractivity contribution >= 4 is 12.2 Å². The highest BCUT2D eigenvalue weighted by atomic mass is 16.5. The predicted octanol–water partition coefficient (Wildman–Crippen LogP) is 3.79. The number of hydrogen-bond donors (Lipinski definition) is 1. The van der Waals surface area contributed by atoms with Crippen LogP contribution in [-0.2, 0) is 18.0 Å². The molecule has 0 fully saturated rings. The van der Waals surface area contributed by atoms with E-state index >= 15 is 0 Å². The summed E-state index contributed by atoms with van der Waals surface area (Å²) in [5.74, 6) is 0.784. The smallest absolute Gasteiger partial charge is 0.113 e. The summed E-state index contributed by atoms with van der Waals surface area (Å²) in [5, 5.41) is 9.13. The van der Waals surface area contributed by atoms with E-state index in [2.05, 4.69) is 11.6 Å². The Morgan fingerprint density at radius 1 is 1.29 bits per heavy atom. The molecule has 2 aromatic rings. The lowest BCUT2D eigenvalue weighted by atomic mass is 10.1. The SMILES string of the molecule is C=Cc1cc(CO)cnc1/C=C(\C)OCc1ccccc1. The molecule has 0 radical (unpaired) electrons. The number of aliphatic hydroxyl groups is 1. The fourth-order valence-electron chi connectivity index (χ4n) is 1.91. The third-order valence-corrected chi connectivity index (χ3v) is 3.06. The molecule has 108 valence electrons. The van der Waals surface area contributed by atoms with E-state index < -0.39 is 0 Å². The number of pyridine rings is 1. The average molecular weight is 281 g/mol. The Bertz CT molecular complexity index is 633. The maximum absolute atomic E-state index is 9.13. The first-order valence-corrected chi connectivity index (χ1v) is 6.80. The summed E-state index contributed by atoms with van der Waals surface area (Å²) >= 11 is 0. The highest BCUT2D eigenvalue weighted by Gasteiger charge is 2.02. The summed E-state index contributed by atoms with van der Waals surface area (Å²) in [5.41, 5.74) is 3.56. The Kier molecular flexibility index (Phi) is 5.29. The molecule has 3 heteroatoms. The van der Waals surface area contributed by atoms with Gasteiger partial charge in [-0.05, 0) is 24.1 Å². The van der Waals surface area contributed by atoms with Crippen molar-refractivity contribution in [2.45, 2.75) is 20.1 Å². The highest BCUT2D eigenvalue weighted by Crippen LogP contribution is 2.15. The molecule has 0 atom stereocenters. The molecule has 0 saturated carbocycles. The van der Waals surface area contributed by atoms with Gasteiger partial charge in [-0.2, -0.15) is 0 Å². The lowest BCUT2D eigenvalue weighted by Gasteiger charge is -2.08. The van der Waals surface area contributed by atoms with Gasteiger partial charge in [-0.25, -0.2) is 0 Å². The first-order valence-electron chi connectivity index (χ1n) is 6.80. The monoisotopic (exact) mass is 281 g/mol. The van der Waals surface area contributed by atoms with E-state index in [4.69, 9.17) is 9.84 Å². The van der Waals surface area contributed by atoms with Crippen molar-refractivity contribution in [3.63, 3.8) is 0 Å². The molecule has 0 unspecified atom stereocenters. The topological polar surface area (TPSA) is 42.4 Å². The standard InChI is InChI=1S/C18H19NO2/c1-3-17-10-16(12-20)11-19-18(17)9-14(2)21-13-15-7-5-4-6-8-15/h3-11,20H,1,12-13H2,2H3/b14-9+. The summed E-state index contributed by atoms with van der Waals surface area (Å²) in [6, 6.07) is 11.9. The maximum atomic E-state index is 9.13. The van der Waals surface area contributed by atoms with Gasteiger partial charge in [0.1, 0.15) is 6.61 Å². The van der Waals surface area contributed by atoms with Crippen molar-refractivity contribution in [2.75, 3.05) is 0 Å². The normalized spacial score (nSPS) is 11.2. The van der Waals surface area contributed by atoms with Crippen LogP contribution in [-0.4, -0.2) is 10.1 Å². The Labute approximate surface area is 125 Å². The van der Waals surface area contributed by atoms with Crippen molar-refractivity contribution in [2.24, 2.45) is 0 Å². The fourth-order valence-corrected chi connectivity index (χ4v) is 1.91. The zero-order chi connectivity index (χ0) is 15.1. The Balaban J connectivity index is 2.09. The second-order valence-corrected chi connectivity index (χ2v) is 4.71. The number of aromatic nitrogens is 1. The minimum absolute atomic E-state index is 0.0265. The van der Waals surface area contributed by atoms with Crippen LogP contribution in [0, 0.1) is 0 Å². The first-order chi connectivity index (χ1) is 10.2. The van der Waals surface area contributed by atoms with E-state index in [-0.39, 0.29) is 6.61 Å². The lowest BCUT2D eigenvalue weighted by molar-refractivity contribution is 0.204. The van der Waals surface area contributed by atoms with E-state index in [1.165, 1.54) is 0 Å². The number of benzene rings is 1. The van der Waals surface area contributed by atoms with Gasteiger partial charge in [0.15, 0.2) is 0 Å². The minimum atomic E-state index is -0.0265. The van der Waals surface area contributed by atoms with E-state index in [9.17, 15) is 0 Å². The van der Waals surface area contributed by atoms with Gasteiger partial charge in [0.25, 0.3) is 0 Å². The first kappa shape index (κ1) is 15.0. The zero-order valence-electron chi connectivity index (χ0n) is 12.1. The summed E-state index contributed by atoms with van der Waals surface area (Å²) in [4.78, 5) is 4.33. The van der Waals surface area contributed by atoms with Crippen LogP contribution in [0.15, 0.2) is 54.9 Å². The third kappa shape index (κ3) is 4.29. The number of allylic oxidation sites excluding steroid dienone is 1. The van der Waals surface area contributed by atoms with Gasteiger partial charge in [0.05, 0.1) is 18.1 Å². The molecule has 0 aliphatic heterocycles. The Hall–Kier alpha value is -2.39. The van der Waals surface area contributed by atoms with Crippen LogP contribution >= 0.6 is 0 Å². The molecule has 0 saturated heterocycles. The molecule has 21 heavy (non-hydrogen) atoms. The summed E-state index contributed by atoms with van der Waals surface area (Å²) in [6.45, 7) is 6.18. The van der Waals surface area contributed by atoms with Crippen LogP contribution in [0.25, 0.3) is 12.2 Å². The molecule has 1 N–H and O–H groups in total. The number of rotatable bonds is 6. The molecule has 0 bridgehead atoms. The van der Waals surface area contributed by atoms with Crippen LogP contribution in [0.3, 0.4) is 0 Å². The number of hydrogen-bond acceptors (Lipinski definition) is 3. The van der Waals surface area contributed by atoms with Crippen LogP contribution < -0.4 is 0 Å². The molecule has 1 aromatic carbocycles. The highest BCUT2D eigenvalue weighted by molar-refractivity contribution is 5.62. The summed E-state index contributed by atoms with van der Waals surface area (Å²) in [6.07, 6.45) is 5.26. The van der Waals surface area contributed by atoms with Crippen LogP contribution in [0.2, 0.25) is 0 Å². The zero-order valence-corrected chi connectivity index (χ0v) is 12.1. The molecule has 0 amide bonds. The van der Waals surface area contributed by atoms with Gasteiger partial charge < -0.3 is 9.84 Å². The van der Waals surface area contributed by atoms with Crippen molar-refractivity contribution in [3.8, 4) is 0 Å². The van der Waals surface area contributed by atoms with E-state index in [1.54, 1.807) is 12.3 Å². The van der Waals surface area contributed by atoms with Gasteiger partial charge >= 0.3 is 0 Å². The van der Waals surface area contributed by atoms with Crippen molar-refractivity contribution < 1.29 is 9.84 Å². The molecule has 1 heterocycles. The van der Waals surface area contributed by atoms with Gasteiger partial charge in [0.2, 0.25) is 0 Å². The second-order valence-electron chi connectivity index (χ2n) is 4.71. The molecule has 3 nitrogen and oxygen atoms in total.